The molecule has 1 heteroatoms. The third-order valence-electron chi connectivity index (χ3n) is 2.97. The minimum atomic E-state index is 0.602. The van der Waals surface area contributed by atoms with E-state index in [1.54, 1.807) is 0 Å². The molecule has 1 radical (unpaired) electrons. The standard InChI is InChI=1S/C12H22N/c1-2-3-5-10-12(13)11-8-6-4-7-9-11/h10-11,13H,2-9H2,1H3. The van der Waals surface area contributed by atoms with Crippen molar-refractivity contribution in [3.63, 3.8) is 0 Å². The summed E-state index contributed by atoms with van der Waals surface area (Å²) in [5.41, 5.74) is 0.924. The second kappa shape index (κ2) is 6.17. The number of hydrogen-bond donors (Lipinski definition) is 1. The highest BCUT2D eigenvalue weighted by atomic mass is 14.4. The van der Waals surface area contributed by atoms with Gasteiger partial charge in [-0.1, -0.05) is 39.0 Å². The zero-order valence-corrected chi connectivity index (χ0v) is 8.81. The lowest BCUT2D eigenvalue weighted by Crippen LogP contribution is -2.17. The molecule has 0 unspecified atom stereocenters. The molecule has 1 aliphatic rings. The van der Waals surface area contributed by atoms with E-state index < -0.39 is 0 Å². The fraction of sp³-hybridized carbons (Fsp3) is 0.833. The second-order valence-corrected chi connectivity index (χ2v) is 4.14. The Balaban J connectivity index is 2.13. The molecule has 1 rings (SSSR count). The van der Waals surface area contributed by atoms with Gasteiger partial charge in [0.1, 0.15) is 0 Å². The molecule has 0 aromatic heterocycles. The topological polar surface area (TPSA) is 23.9 Å². The normalized spacial score (nSPS) is 18.8. The van der Waals surface area contributed by atoms with Crippen LogP contribution in [0.1, 0.15) is 58.3 Å². The lowest BCUT2D eigenvalue weighted by Gasteiger charge is -2.22. The van der Waals surface area contributed by atoms with Gasteiger partial charge in [0.05, 0.1) is 0 Å². The Hall–Kier alpha value is -0.330. The number of hydrogen-bond acceptors (Lipinski definition) is 1. The summed E-state index contributed by atoms with van der Waals surface area (Å²) < 4.78 is 0. The Labute approximate surface area is 82.4 Å². The fourth-order valence-electron chi connectivity index (χ4n) is 2.04. The molecule has 1 saturated carbocycles. The van der Waals surface area contributed by atoms with Gasteiger partial charge in [-0.15, -0.1) is 0 Å². The summed E-state index contributed by atoms with van der Waals surface area (Å²) in [6, 6.07) is 0. The largest absolute Gasteiger partial charge is 0.309 e. The Morgan fingerprint density at radius 1 is 1.31 bits per heavy atom. The van der Waals surface area contributed by atoms with Gasteiger partial charge < -0.3 is 5.41 Å². The van der Waals surface area contributed by atoms with Gasteiger partial charge in [-0.25, -0.2) is 0 Å². The van der Waals surface area contributed by atoms with Crippen molar-refractivity contribution in [2.45, 2.75) is 58.3 Å². The van der Waals surface area contributed by atoms with Gasteiger partial charge in [-0.05, 0) is 25.2 Å². The van der Waals surface area contributed by atoms with Gasteiger partial charge in [0.15, 0.2) is 0 Å². The highest BCUT2D eigenvalue weighted by molar-refractivity contribution is 5.91. The van der Waals surface area contributed by atoms with E-state index in [4.69, 9.17) is 5.41 Å². The molecule has 0 spiro atoms. The van der Waals surface area contributed by atoms with Crippen LogP contribution in [0.4, 0.5) is 0 Å². The average Bonchev–Trinajstić information content (AvgIpc) is 2.19. The van der Waals surface area contributed by atoms with Gasteiger partial charge in [-0.3, -0.25) is 0 Å². The molecule has 0 aromatic rings. The number of rotatable bonds is 5. The average molecular weight is 180 g/mol. The molecular weight excluding hydrogens is 158 g/mol. The molecule has 13 heavy (non-hydrogen) atoms. The second-order valence-electron chi connectivity index (χ2n) is 4.14. The molecule has 1 fully saturated rings. The van der Waals surface area contributed by atoms with Crippen LogP contribution in [0.5, 0.6) is 0 Å². The summed E-state index contributed by atoms with van der Waals surface area (Å²) in [7, 11) is 0. The van der Waals surface area contributed by atoms with Crippen molar-refractivity contribution in [2.24, 2.45) is 5.92 Å². The van der Waals surface area contributed by atoms with Crippen molar-refractivity contribution >= 4 is 5.71 Å². The Morgan fingerprint density at radius 3 is 2.62 bits per heavy atom. The first kappa shape index (κ1) is 10.7. The molecule has 0 amide bonds. The third kappa shape index (κ3) is 3.93. The molecule has 75 valence electrons. The first-order valence-electron chi connectivity index (χ1n) is 5.76. The van der Waals surface area contributed by atoms with E-state index in [2.05, 4.69) is 13.3 Å². The molecule has 0 atom stereocenters. The van der Waals surface area contributed by atoms with E-state index in [0.29, 0.717) is 5.92 Å². The van der Waals surface area contributed by atoms with Crippen LogP contribution in [-0.4, -0.2) is 5.71 Å². The first-order chi connectivity index (χ1) is 6.34. The van der Waals surface area contributed by atoms with Gasteiger partial charge in [0.2, 0.25) is 0 Å². The highest BCUT2D eigenvalue weighted by Gasteiger charge is 2.17. The Kier molecular flexibility index (Phi) is 5.10. The summed E-state index contributed by atoms with van der Waals surface area (Å²) in [5.74, 6) is 0.602. The van der Waals surface area contributed by atoms with Crippen LogP contribution in [0.2, 0.25) is 0 Å². The molecule has 0 aliphatic heterocycles. The lowest BCUT2D eigenvalue weighted by molar-refractivity contribution is 0.437. The maximum Gasteiger partial charge on any atom is 0.0157 e. The van der Waals surface area contributed by atoms with Crippen LogP contribution in [0.15, 0.2) is 0 Å². The van der Waals surface area contributed by atoms with Crippen molar-refractivity contribution in [1.29, 1.82) is 5.41 Å². The van der Waals surface area contributed by atoms with E-state index >= 15 is 0 Å². The summed E-state index contributed by atoms with van der Waals surface area (Å²) in [6.07, 6.45) is 12.4. The van der Waals surface area contributed by atoms with Crippen molar-refractivity contribution in [3.05, 3.63) is 6.42 Å². The predicted octanol–water partition coefficient (Wildman–Crippen LogP) is 3.98. The van der Waals surface area contributed by atoms with Crippen LogP contribution in [0.25, 0.3) is 0 Å². The van der Waals surface area contributed by atoms with Gasteiger partial charge >= 0.3 is 0 Å². The summed E-state index contributed by atoms with van der Waals surface area (Å²) in [4.78, 5) is 0. The van der Waals surface area contributed by atoms with Gasteiger partial charge in [0, 0.05) is 12.1 Å². The van der Waals surface area contributed by atoms with Crippen molar-refractivity contribution in [2.75, 3.05) is 0 Å². The number of unbranched alkanes of at least 4 members (excludes halogenated alkanes) is 2. The van der Waals surface area contributed by atoms with E-state index in [9.17, 15) is 0 Å². The smallest absolute Gasteiger partial charge is 0.0157 e. The van der Waals surface area contributed by atoms with Crippen LogP contribution >= 0.6 is 0 Å². The van der Waals surface area contributed by atoms with Gasteiger partial charge in [-0.2, -0.15) is 0 Å². The third-order valence-corrected chi connectivity index (χ3v) is 2.97. The SMILES string of the molecule is CCCC[CH]C(=N)C1CCCCC1. The molecule has 0 aromatic carbocycles. The minimum absolute atomic E-state index is 0.602. The van der Waals surface area contributed by atoms with Crippen LogP contribution in [-0.2, 0) is 0 Å². The quantitative estimate of drug-likeness (QED) is 0.489. The monoisotopic (exact) mass is 180 g/mol. The first-order valence-corrected chi connectivity index (χ1v) is 5.76. The minimum Gasteiger partial charge on any atom is -0.309 e. The highest BCUT2D eigenvalue weighted by Crippen LogP contribution is 2.25. The van der Waals surface area contributed by atoms with Crippen molar-refractivity contribution < 1.29 is 0 Å². The summed E-state index contributed by atoms with van der Waals surface area (Å²) in [6.45, 7) is 2.21. The molecule has 1 N–H and O–H groups in total. The molecule has 0 bridgehead atoms. The van der Waals surface area contributed by atoms with Crippen molar-refractivity contribution in [1.82, 2.24) is 0 Å². The zero-order chi connectivity index (χ0) is 9.52. The molecule has 0 heterocycles. The molecular formula is C12H22N. The zero-order valence-electron chi connectivity index (χ0n) is 8.81. The Bertz CT molecular complexity index is 145. The van der Waals surface area contributed by atoms with Crippen LogP contribution in [0, 0.1) is 17.7 Å². The van der Waals surface area contributed by atoms with Crippen LogP contribution in [0.3, 0.4) is 0 Å². The van der Waals surface area contributed by atoms with E-state index in [1.165, 1.54) is 44.9 Å². The summed E-state index contributed by atoms with van der Waals surface area (Å²) in [5, 5.41) is 7.91. The van der Waals surface area contributed by atoms with Crippen LogP contribution < -0.4 is 0 Å². The maximum absolute atomic E-state index is 7.91. The number of nitrogens with one attached hydrogen (secondary N) is 1. The molecule has 1 aliphatic carbocycles. The predicted molar refractivity (Wildman–Crippen MR) is 58.1 cm³/mol. The van der Waals surface area contributed by atoms with Crippen molar-refractivity contribution in [3.8, 4) is 0 Å². The van der Waals surface area contributed by atoms with Gasteiger partial charge in [0.25, 0.3) is 0 Å². The Morgan fingerprint density at radius 2 is 2.00 bits per heavy atom. The van der Waals surface area contributed by atoms with E-state index in [1.807, 2.05) is 0 Å². The van der Waals surface area contributed by atoms with E-state index in [-0.39, 0.29) is 0 Å². The summed E-state index contributed by atoms with van der Waals surface area (Å²) >= 11 is 0. The molecule has 0 saturated heterocycles. The lowest BCUT2D eigenvalue weighted by atomic mass is 9.84. The molecule has 1 nitrogen and oxygen atoms in total. The fourth-order valence-corrected chi connectivity index (χ4v) is 2.04. The van der Waals surface area contributed by atoms with E-state index in [0.717, 1.165) is 12.1 Å². The maximum atomic E-state index is 7.91.